The minimum absolute atomic E-state index is 0.0347. The van der Waals surface area contributed by atoms with Crippen molar-refractivity contribution in [1.82, 2.24) is 15.2 Å². The van der Waals surface area contributed by atoms with Crippen LogP contribution in [0.2, 0.25) is 0 Å². The topological polar surface area (TPSA) is 164 Å². The summed E-state index contributed by atoms with van der Waals surface area (Å²) in [5.41, 5.74) is -0.398. The van der Waals surface area contributed by atoms with Crippen LogP contribution in [0.1, 0.15) is 32.4 Å². The van der Waals surface area contributed by atoms with Gasteiger partial charge in [0.25, 0.3) is 5.91 Å². The number of esters is 1. The van der Waals surface area contributed by atoms with Crippen molar-refractivity contribution in [2.75, 3.05) is 12.9 Å². The summed E-state index contributed by atoms with van der Waals surface area (Å²) in [6.45, 7) is 5.28. The molecule has 4 heterocycles. The summed E-state index contributed by atoms with van der Waals surface area (Å²) in [6.07, 6.45) is 3.61. The quantitative estimate of drug-likeness (QED) is 0.115. The first kappa shape index (κ1) is 28.7. The lowest BCUT2D eigenvalue weighted by molar-refractivity contribution is -0.689. The Morgan fingerprint density at radius 1 is 1.23 bits per heavy atom. The van der Waals surface area contributed by atoms with E-state index in [1.54, 1.807) is 39.2 Å². The van der Waals surface area contributed by atoms with E-state index in [1.165, 1.54) is 35.9 Å². The zero-order valence-electron chi connectivity index (χ0n) is 22.3. The lowest BCUT2D eigenvalue weighted by Gasteiger charge is -2.49. The number of carboxylic acid groups (broad SMARTS) is 1. The molecule has 2 unspecified atom stereocenters. The molecule has 210 valence electrons. The van der Waals surface area contributed by atoms with Crippen LogP contribution in [0.25, 0.3) is 0 Å². The van der Waals surface area contributed by atoms with Gasteiger partial charge in [-0.25, -0.2) is 14.3 Å². The maximum atomic E-state index is 13.5. The van der Waals surface area contributed by atoms with Crippen molar-refractivity contribution in [3.8, 4) is 0 Å². The van der Waals surface area contributed by atoms with Gasteiger partial charge in [-0.3, -0.25) is 19.3 Å². The Labute approximate surface area is 234 Å². The lowest BCUT2D eigenvalue weighted by Crippen LogP contribution is -2.71. The second-order valence-electron chi connectivity index (χ2n) is 9.95. The molecule has 0 aliphatic carbocycles. The largest absolute Gasteiger partial charge is 0.477 e. The highest BCUT2D eigenvalue weighted by molar-refractivity contribution is 8.00. The maximum absolute atomic E-state index is 13.5. The van der Waals surface area contributed by atoms with Crippen LogP contribution in [-0.2, 0) is 35.3 Å². The second kappa shape index (κ2) is 11.8. The molecule has 0 bridgehead atoms. The number of thioether (sulfide) groups is 1. The number of carbonyl (C=O) groups excluding carboxylic acids is 3. The third-order valence-electron chi connectivity index (χ3n) is 5.88. The van der Waals surface area contributed by atoms with E-state index in [9.17, 15) is 24.3 Å². The molecular formula is C26H29N6O7S+. The zero-order valence-corrected chi connectivity index (χ0v) is 23.1. The molecule has 2 aliphatic rings. The number of pyridine rings is 2. The van der Waals surface area contributed by atoms with Crippen LogP contribution in [0.4, 0.5) is 5.82 Å². The summed E-state index contributed by atoms with van der Waals surface area (Å²) < 4.78 is 7.30. The van der Waals surface area contributed by atoms with Gasteiger partial charge in [-0.05, 0) is 32.9 Å². The van der Waals surface area contributed by atoms with E-state index < -0.39 is 46.7 Å². The highest BCUT2D eigenvalue weighted by Crippen LogP contribution is 2.40. The molecule has 1 fully saturated rings. The summed E-state index contributed by atoms with van der Waals surface area (Å²) in [4.78, 5) is 62.0. The number of hydrogen-bond donors (Lipinski definition) is 2. The fourth-order valence-electron chi connectivity index (χ4n) is 4.26. The molecule has 0 radical (unpaired) electrons. The predicted octanol–water partition coefficient (Wildman–Crippen LogP) is 1.88. The fourth-order valence-corrected chi connectivity index (χ4v) is 5.60. The number of β-lactam (4-membered cyclic amide) rings is 1. The molecule has 13 nitrogen and oxygen atoms in total. The summed E-state index contributed by atoms with van der Waals surface area (Å²) in [5.74, 6) is -4.58. The first-order valence-electron chi connectivity index (χ1n) is 12.3. The van der Waals surface area contributed by atoms with Crippen LogP contribution in [0.5, 0.6) is 0 Å². The number of rotatable bonds is 9. The molecule has 0 spiro atoms. The summed E-state index contributed by atoms with van der Waals surface area (Å²) >= 11 is 1.34. The molecule has 40 heavy (non-hydrogen) atoms. The van der Waals surface area contributed by atoms with Crippen LogP contribution in [0.15, 0.2) is 70.5 Å². The minimum Gasteiger partial charge on any atom is -0.477 e. The molecule has 2 aromatic rings. The van der Waals surface area contributed by atoms with Gasteiger partial charge >= 0.3 is 11.9 Å². The fraction of sp³-hybridized carbons (Fsp3) is 0.385. The van der Waals surface area contributed by atoms with Gasteiger partial charge in [0, 0.05) is 28.7 Å². The van der Waals surface area contributed by atoms with Crippen molar-refractivity contribution in [2.24, 2.45) is 10.4 Å². The first-order valence-corrected chi connectivity index (χ1v) is 13.3. The number of hydrogen-bond acceptors (Lipinski definition) is 10. The van der Waals surface area contributed by atoms with Gasteiger partial charge < -0.3 is 20.0 Å². The van der Waals surface area contributed by atoms with Gasteiger partial charge in [-0.15, -0.1) is 11.8 Å². The standard InChI is InChI=1S/C26H28N6O7S/c1-26(2,3)39-25(37)18(16-9-8-10-17(27-16)29-30-38-4)21(33)28-19-22(34)32-20(24(35)36)15(14-40-23(19)32)13-31-11-6-5-7-12-31/h5-12,18-19,23H,13-14H2,1-4H3,(H-,28,33,35,36)/p+1/t18?,19?,23-/m1/s1. The third kappa shape index (κ3) is 6.28. The molecule has 2 amide bonds. The molecule has 0 aromatic carbocycles. The smallest absolute Gasteiger partial charge is 0.352 e. The van der Waals surface area contributed by atoms with Crippen molar-refractivity contribution in [3.63, 3.8) is 0 Å². The van der Waals surface area contributed by atoms with Gasteiger partial charge in [0.05, 0.1) is 5.69 Å². The number of nitrogens with zero attached hydrogens (tertiary/aromatic N) is 5. The van der Waals surface area contributed by atoms with E-state index in [1.807, 2.05) is 22.8 Å². The number of nitrogens with one attached hydrogen (secondary N) is 1. The van der Waals surface area contributed by atoms with E-state index in [0.717, 1.165) is 0 Å². The number of aromatic nitrogens is 2. The first-order chi connectivity index (χ1) is 19.0. The van der Waals surface area contributed by atoms with Crippen molar-refractivity contribution >= 4 is 41.3 Å². The van der Waals surface area contributed by atoms with E-state index >= 15 is 0 Å². The normalized spacial score (nSPS) is 19.5. The number of carboxylic acids is 1. The third-order valence-corrected chi connectivity index (χ3v) is 7.22. The number of ether oxygens (including phenoxy) is 1. The lowest BCUT2D eigenvalue weighted by atomic mass is 9.99. The van der Waals surface area contributed by atoms with Crippen LogP contribution in [0.3, 0.4) is 0 Å². The van der Waals surface area contributed by atoms with E-state index in [0.29, 0.717) is 17.9 Å². The Morgan fingerprint density at radius 3 is 2.60 bits per heavy atom. The van der Waals surface area contributed by atoms with Crippen molar-refractivity contribution in [2.45, 2.75) is 50.3 Å². The second-order valence-corrected chi connectivity index (χ2v) is 11.1. The minimum atomic E-state index is -1.52. The summed E-state index contributed by atoms with van der Waals surface area (Å²) in [6, 6.07) is 8.97. The molecular weight excluding hydrogens is 540 g/mol. The monoisotopic (exact) mass is 569 g/mol. The predicted molar refractivity (Wildman–Crippen MR) is 141 cm³/mol. The Morgan fingerprint density at radius 2 is 1.95 bits per heavy atom. The molecule has 2 aliphatic heterocycles. The van der Waals surface area contributed by atoms with E-state index in [2.05, 4.69) is 25.5 Å². The molecule has 14 heteroatoms. The average molecular weight is 570 g/mol. The van der Waals surface area contributed by atoms with Crippen LogP contribution in [0, 0.1) is 0 Å². The average Bonchev–Trinajstić information content (AvgIpc) is 2.90. The van der Waals surface area contributed by atoms with Gasteiger partial charge in [-0.2, -0.15) is 0 Å². The number of amides is 2. The Bertz CT molecular complexity index is 1380. The molecule has 2 N–H and O–H groups in total. The molecule has 2 aromatic heterocycles. The zero-order chi connectivity index (χ0) is 29.0. The van der Waals surface area contributed by atoms with E-state index in [4.69, 9.17) is 4.74 Å². The molecule has 3 atom stereocenters. The van der Waals surface area contributed by atoms with Crippen molar-refractivity contribution < 1.29 is 38.4 Å². The summed E-state index contributed by atoms with van der Waals surface area (Å²) in [5, 5.41) is 19.1. The van der Waals surface area contributed by atoms with Crippen molar-refractivity contribution in [3.05, 3.63) is 65.8 Å². The molecule has 4 rings (SSSR count). The Kier molecular flexibility index (Phi) is 8.47. The molecule has 1 saturated heterocycles. The Hall–Kier alpha value is -4.33. The number of carbonyl (C=O) groups is 4. The van der Waals surface area contributed by atoms with E-state index in [-0.39, 0.29) is 17.2 Å². The Balaban J connectivity index is 1.58. The van der Waals surface area contributed by atoms with Crippen molar-refractivity contribution in [1.29, 1.82) is 0 Å². The van der Waals surface area contributed by atoms with Crippen LogP contribution >= 0.6 is 11.8 Å². The van der Waals surface area contributed by atoms with Gasteiger partial charge in [-0.1, -0.05) is 17.2 Å². The SMILES string of the molecule is CON=Nc1cccc(C(C(=O)NC2C(=O)N3C(C(=O)O)=C(C[n+]4ccccc4)CS[C@H]23)C(=O)OC(C)(C)C)n1. The van der Waals surface area contributed by atoms with Crippen LogP contribution < -0.4 is 9.88 Å². The highest BCUT2D eigenvalue weighted by atomic mass is 32.2. The number of aliphatic carboxylic acids is 1. The maximum Gasteiger partial charge on any atom is 0.352 e. The van der Waals surface area contributed by atoms with Crippen LogP contribution in [-0.4, -0.2) is 68.6 Å². The highest BCUT2D eigenvalue weighted by Gasteiger charge is 2.55. The van der Waals surface area contributed by atoms with Gasteiger partial charge in [0.2, 0.25) is 5.91 Å². The molecule has 0 saturated carbocycles. The van der Waals surface area contributed by atoms with Gasteiger partial charge in [0.15, 0.2) is 30.7 Å². The summed E-state index contributed by atoms with van der Waals surface area (Å²) in [7, 11) is 1.31. The van der Waals surface area contributed by atoms with Gasteiger partial charge in [0.1, 0.15) is 29.8 Å². The number of fused-ring (bicyclic) bond motifs is 1.